The van der Waals surface area contributed by atoms with E-state index >= 15 is 0 Å². The second-order valence-corrected chi connectivity index (χ2v) is 6.87. The lowest BCUT2D eigenvalue weighted by Crippen LogP contribution is -2.28. The minimum atomic E-state index is -1.11. The molecule has 0 aliphatic carbocycles. The monoisotopic (exact) mass is 418 g/mol. The van der Waals surface area contributed by atoms with Gasteiger partial charge in [-0.3, -0.25) is 14.4 Å². The average Bonchev–Trinajstić information content (AvgIpc) is 3.10. The molecule has 158 valence electrons. The van der Waals surface area contributed by atoms with Gasteiger partial charge in [-0.15, -0.1) is 0 Å². The van der Waals surface area contributed by atoms with Gasteiger partial charge in [0.25, 0.3) is 5.91 Å². The molecule has 9 heteroatoms. The van der Waals surface area contributed by atoms with Crippen LogP contribution in [-0.2, 0) is 19.1 Å². The molecule has 2 amide bonds. The molecule has 1 saturated heterocycles. The van der Waals surface area contributed by atoms with E-state index in [0.29, 0.717) is 11.4 Å². The second-order valence-electron chi connectivity index (χ2n) is 6.87. The third-order valence-corrected chi connectivity index (χ3v) is 4.63. The second kappa shape index (κ2) is 8.89. The molecule has 0 unspecified atom stereocenters. The van der Waals surface area contributed by atoms with Crippen molar-refractivity contribution in [1.29, 1.82) is 0 Å². The van der Waals surface area contributed by atoms with E-state index in [0.717, 1.165) is 17.7 Å². The lowest BCUT2D eigenvalue weighted by molar-refractivity contribution is -0.151. The van der Waals surface area contributed by atoms with Crippen LogP contribution in [0, 0.1) is 24.5 Å². The molecular formula is C21H20F2N2O5. The Hall–Kier alpha value is -3.49. The summed E-state index contributed by atoms with van der Waals surface area (Å²) in [7, 11) is 1.49. The Morgan fingerprint density at radius 2 is 1.93 bits per heavy atom. The van der Waals surface area contributed by atoms with E-state index in [1.165, 1.54) is 18.1 Å². The fraction of sp³-hybridized carbons (Fsp3) is 0.286. The lowest BCUT2D eigenvalue weighted by Gasteiger charge is -2.20. The van der Waals surface area contributed by atoms with Gasteiger partial charge in [-0.25, -0.2) is 8.78 Å². The predicted octanol–water partition coefficient (Wildman–Crippen LogP) is 2.82. The number of esters is 1. The van der Waals surface area contributed by atoms with Gasteiger partial charge in [0.1, 0.15) is 5.75 Å². The summed E-state index contributed by atoms with van der Waals surface area (Å²) < 4.78 is 36.4. The van der Waals surface area contributed by atoms with Crippen LogP contribution in [0.4, 0.5) is 20.2 Å². The first-order chi connectivity index (χ1) is 14.3. The summed E-state index contributed by atoms with van der Waals surface area (Å²) in [5.74, 6) is -4.05. The number of amides is 2. The highest BCUT2D eigenvalue weighted by Gasteiger charge is 2.37. The molecule has 0 radical (unpaired) electrons. The number of benzene rings is 2. The third-order valence-electron chi connectivity index (χ3n) is 4.63. The zero-order chi connectivity index (χ0) is 21.8. The number of carbonyl (C=O) groups is 3. The van der Waals surface area contributed by atoms with Crippen molar-refractivity contribution in [3.63, 3.8) is 0 Å². The summed E-state index contributed by atoms with van der Waals surface area (Å²) in [6.07, 6.45) is -0.0548. The number of aryl methyl sites for hydroxylation is 1. The number of halogens is 2. The summed E-state index contributed by atoms with van der Waals surface area (Å²) in [5, 5.41) is 2.30. The summed E-state index contributed by atoms with van der Waals surface area (Å²) in [5.41, 5.74) is 1.52. The Morgan fingerprint density at radius 1 is 1.17 bits per heavy atom. The van der Waals surface area contributed by atoms with Crippen LogP contribution in [0.25, 0.3) is 0 Å². The molecule has 7 nitrogen and oxygen atoms in total. The first-order valence-corrected chi connectivity index (χ1v) is 9.15. The van der Waals surface area contributed by atoms with Crippen LogP contribution in [0.5, 0.6) is 5.75 Å². The van der Waals surface area contributed by atoms with Crippen LogP contribution in [0.2, 0.25) is 0 Å². The number of anilines is 2. The number of ether oxygens (including phenoxy) is 2. The minimum absolute atomic E-state index is 0.0312. The highest BCUT2D eigenvalue weighted by atomic mass is 19.2. The number of methoxy groups -OCH3 is 1. The number of hydrogen-bond acceptors (Lipinski definition) is 5. The maximum Gasteiger partial charge on any atom is 0.311 e. The highest BCUT2D eigenvalue weighted by molar-refractivity contribution is 6.01. The van der Waals surface area contributed by atoms with E-state index in [9.17, 15) is 23.2 Å². The van der Waals surface area contributed by atoms with Crippen LogP contribution < -0.4 is 15.0 Å². The van der Waals surface area contributed by atoms with Crippen molar-refractivity contribution in [2.75, 3.05) is 30.5 Å². The maximum atomic E-state index is 13.2. The fourth-order valence-electron chi connectivity index (χ4n) is 3.13. The number of nitrogens with one attached hydrogen (secondary N) is 1. The average molecular weight is 418 g/mol. The molecule has 2 aromatic carbocycles. The Balaban J connectivity index is 1.57. The topological polar surface area (TPSA) is 84.9 Å². The van der Waals surface area contributed by atoms with Crippen LogP contribution in [0.3, 0.4) is 0 Å². The first kappa shape index (κ1) is 21.2. The normalized spacial score (nSPS) is 15.8. The predicted molar refractivity (Wildman–Crippen MR) is 104 cm³/mol. The van der Waals surface area contributed by atoms with Gasteiger partial charge in [-0.05, 0) is 36.8 Å². The Labute approximate surface area is 171 Å². The van der Waals surface area contributed by atoms with Crippen LogP contribution in [0.15, 0.2) is 36.4 Å². The minimum Gasteiger partial charge on any atom is -0.495 e. The van der Waals surface area contributed by atoms with Gasteiger partial charge < -0.3 is 19.7 Å². The Morgan fingerprint density at radius 3 is 2.63 bits per heavy atom. The quantitative estimate of drug-likeness (QED) is 0.730. The number of nitrogens with zero attached hydrogens (tertiary/aromatic N) is 1. The van der Waals surface area contributed by atoms with Crippen molar-refractivity contribution in [1.82, 2.24) is 0 Å². The van der Waals surface area contributed by atoms with E-state index in [1.807, 2.05) is 13.0 Å². The molecular weight excluding hydrogens is 398 g/mol. The summed E-state index contributed by atoms with van der Waals surface area (Å²) in [6.45, 7) is 1.36. The van der Waals surface area contributed by atoms with Gasteiger partial charge in [0.2, 0.25) is 5.91 Å². The van der Waals surface area contributed by atoms with E-state index in [2.05, 4.69) is 5.32 Å². The molecule has 0 spiro atoms. The largest absolute Gasteiger partial charge is 0.495 e. The summed E-state index contributed by atoms with van der Waals surface area (Å²) in [4.78, 5) is 38.1. The van der Waals surface area contributed by atoms with Crippen LogP contribution in [0.1, 0.15) is 12.0 Å². The van der Waals surface area contributed by atoms with Crippen molar-refractivity contribution in [3.8, 4) is 5.75 Å². The molecule has 3 rings (SSSR count). The standard InChI is InChI=1S/C21H20F2N2O5/c1-12-3-6-18(29-2)17(7-12)25-10-13(8-20(25)27)21(28)30-11-19(26)24-14-4-5-15(22)16(23)9-14/h3-7,9,13H,8,10-11H2,1-2H3,(H,24,26)/t13-/m1/s1. The fourth-order valence-corrected chi connectivity index (χ4v) is 3.13. The first-order valence-electron chi connectivity index (χ1n) is 9.15. The van der Waals surface area contributed by atoms with Crippen molar-refractivity contribution in [3.05, 3.63) is 53.6 Å². The van der Waals surface area contributed by atoms with Gasteiger partial charge in [0.15, 0.2) is 18.2 Å². The van der Waals surface area contributed by atoms with E-state index in [1.54, 1.807) is 12.1 Å². The van der Waals surface area contributed by atoms with Gasteiger partial charge in [0.05, 0.1) is 18.7 Å². The molecule has 0 bridgehead atoms. The summed E-state index contributed by atoms with van der Waals surface area (Å²) >= 11 is 0. The van der Waals surface area contributed by atoms with Gasteiger partial charge in [-0.1, -0.05) is 6.07 Å². The molecule has 30 heavy (non-hydrogen) atoms. The van der Waals surface area contributed by atoms with Crippen molar-refractivity contribution >= 4 is 29.2 Å². The molecule has 0 aromatic heterocycles. The van der Waals surface area contributed by atoms with Crippen LogP contribution in [-0.4, -0.2) is 38.0 Å². The zero-order valence-electron chi connectivity index (χ0n) is 16.4. The lowest BCUT2D eigenvalue weighted by atomic mass is 10.1. The summed E-state index contributed by atoms with van der Waals surface area (Å²) in [6, 6.07) is 8.25. The Kier molecular flexibility index (Phi) is 6.29. The number of rotatable bonds is 6. The van der Waals surface area contributed by atoms with Crippen molar-refractivity contribution in [2.24, 2.45) is 5.92 Å². The Bertz CT molecular complexity index is 995. The molecule has 1 heterocycles. The van der Waals surface area contributed by atoms with Crippen molar-refractivity contribution < 1.29 is 32.6 Å². The molecule has 1 atom stereocenters. The van der Waals surface area contributed by atoms with Gasteiger partial charge >= 0.3 is 5.97 Å². The third kappa shape index (κ3) is 4.73. The van der Waals surface area contributed by atoms with Gasteiger partial charge in [0, 0.05) is 24.7 Å². The zero-order valence-corrected chi connectivity index (χ0v) is 16.4. The molecule has 1 aliphatic heterocycles. The highest BCUT2D eigenvalue weighted by Crippen LogP contribution is 2.34. The van der Waals surface area contributed by atoms with E-state index in [4.69, 9.17) is 9.47 Å². The molecule has 1 fully saturated rings. The van der Waals surface area contributed by atoms with E-state index in [-0.39, 0.29) is 24.6 Å². The van der Waals surface area contributed by atoms with Crippen molar-refractivity contribution in [2.45, 2.75) is 13.3 Å². The van der Waals surface area contributed by atoms with E-state index < -0.39 is 36.0 Å². The van der Waals surface area contributed by atoms with Gasteiger partial charge in [-0.2, -0.15) is 0 Å². The number of hydrogen-bond donors (Lipinski definition) is 1. The number of carbonyl (C=O) groups excluding carboxylic acids is 3. The molecule has 2 aromatic rings. The molecule has 1 N–H and O–H groups in total. The molecule has 1 aliphatic rings. The molecule has 0 saturated carbocycles. The van der Waals surface area contributed by atoms with Crippen LogP contribution >= 0.6 is 0 Å². The smallest absolute Gasteiger partial charge is 0.311 e. The SMILES string of the molecule is COc1ccc(C)cc1N1C[C@H](C(=O)OCC(=O)Nc2ccc(F)c(F)c2)CC1=O. The maximum absolute atomic E-state index is 13.2.